The summed E-state index contributed by atoms with van der Waals surface area (Å²) >= 11 is 0. The lowest BCUT2D eigenvalue weighted by Crippen LogP contribution is -2.48. The molecule has 2 aliphatic carbocycles. The van der Waals surface area contributed by atoms with Crippen LogP contribution < -0.4 is 5.32 Å². The maximum absolute atomic E-state index is 12.4. The van der Waals surface area contributed by atoms with E-state index < -0.39 is 0 Å². The van der Waals surface area contributed by atoms with Crippen molar-refractivity contribution in [1.29, 1.82) is 0 Å². The molecule has 3 rings (SSSR count). The van der Waals surface area contributed by atoms with Crippen LogP contribution in [0.25, 0.3) is 0 Å². The smallest absolute Gasteiger partial charge is 0.220 e. The second-order valence-electron chi connectivity index (χ2n) is 8.80. The van der Waals surface area contributed by atoms with Gasteiger partial charge < -0.3 is 9.73 Å². The normalized spacial score (nSPS) is 23.5. The average molecular weight is 332 g/mol. The summed E-state index contributed by atoms with van der Waals surface area (Å²) in [7, 11) is 0. The van der Waals surface area contributed by atoms with E-state index >= 15 is 0 Å². The predicted octanol–water partition coefficient (Wildman–Crippen LogP) is 4.52. The molecule has 2 fully saturated rings. The first-order valence-corrected chi connectivity index (χ1v) is 9.64. The second-order valence-corrected chi connectivity index (χ2v) is 8.80. The van der Waals surface area contributed by atoms with Gasteiger partial charge in [-0.05, 0) is 31.1 Å². The van der Waals surface area contributed by atoms with Crippen LogP contribution in [0.5, 0.6) is 0 Å². The van der Waals surface area contributed by atoms with Crippen LogP contribution in [0.4, 0.5) is 0 Å². The lowest BCUT2D eigenvalue weighted by atomic mass is 9.69. The molecule has 0 bridgehead atoms. The quantitative estimate of drug-likeness (QED) is 0.881. The van der Waals surface area contributed by atoms with Crippen molar-refractivity contribution in [3.63, 3.8) is 0 Å². The van der Waals surface area contributed by atoms with Crippen molar-refractivity contribution in [3.05, 3.63) is 17.8 Å². The molecule has 1 N–H and O–H groups in total. The Bertz CT molecular complexity index is 564. The van der Waals surface area contributed by atoms with Crippen LogP contribution in [0.15, 0.2) is 10.6 Å². The van der Waals surface area contributed by atoms with E-state index in [9.17, 15) is 4.79 Å². The monoisotopic (exact) mass is 332 g/mol. The van der Waals surface area contributed by atoms with Gasteiger partial charge in [0.15, 0.2) is 5.89 Å². The Hall–Kier alpha value is -1.32. The zero-order valence-corrected chi connectivity index (χ0v) is 15.5. The molecule has 1 atom stereocenters. The molecule has 24 heavy (non-hydrogen) atoms. The fourth-order valence-corrected chi connectivity index (χ4v) is 4.47. The lowest BCUT2D eigenvalue weighted by Gasteiger charge is -2.42. The molecule has 1 amide bonds. The van der Waals surface area contributed by atoms with Crippen molar-refractivity contribution in [1.82, 2.24) is 10.3 Å². The maximum atomic E-state index is 12.4. The molecule has 4 heteroatoms. The number of hydrogen-bond donors (Lipinski definition) is 1. The van der Waals surface area contributed by atoms with E-state index in [-0.39, 0.29) is 11.3 Å². The van der Waals surface area contributed by atoms with Crippen LogP contribution >= 0.6 is 0 Å². The largest absolute Gasteiger partial charge is 0.445 e. The highest BCUT2D eigenvalue weighted by Gasteiger charge is 2.43. The third kappa shape index (κ3) is 3.84. The highest BCUT2D eigenvalue weighted by Crippen LogP contribution is 2.49. The molecule has 0 saturated heterocycles. The van der Waals surface area contributed by atoms with Gasteiger partial charge >= 0.3 is 0 Å². The highest BCUT2D eigenvalue weighted by atomic mass is 16.4. The summed E-state index contributed by atoms with van der Waals surface area (Å²) < 4.78 is 5.79. The SMILES string of the molecule is CC(C)(C)c1cnc(CCC(=O)NC2CCCCC23CCCC3)o1. The molecule has 134 valence electrons. The van der Waals surface area contributed by atoms with Gasteiger partial charge in [0.1, 0.15) is 5.76 Å². The van der Waals surface area contributed by atoms with E-state index in [0.29, 0.717) is 30.2 Å². The fourth-order valence-electron chi connectivity index (χ4n) is 4.47. The van der Waals surface area contributed by atoms with E-state index in [0.717, 1.165) is 12.2 Å². The van der Waals surface area contributed by atoms with Gasteiger partial charge in [-0.1, -0.05) is 46.5 Å². The Labute approximate surface area is 145 Å². The van der Waals surface area contributed by atoms with Gasteiger partial charge in [-0.2, -0.15) is 0 Å². The summed E-state index contributed by atoms with van der Waals surface area (Å²) in [5.41, 5.74) is 0.362. The van der Waals surface area contributed by atoms with Crippen LogP contribution in [-0.4, -0.2) is 16.9 Å². The zero-order chi connectivity index (χ0) is 17.2. The number of nitrogens with one attached hydrogen (secondary N) is 1. The summed E-state index contributed by atoms with van der Waals surface area (Å²) in [4.78, 5) is 16.8. The van der Waals surface area contributed by atoms with Crippen molar-refractivity contribution in [2.75, 3.05) is 0 Å². The van der Waals surface area contributed by atoms with E-state index in [4.69, 9.17) is 4.42 Å². The molecule has 1 unspecified atom stereocenters. The number of hydrogen-bond acceptors (Lipinski definition) is 3. The van der Waals surface area contributed by atoms with Crippen LogP contribution in [0.2, 0.25) is 0 Å². The average Bonchev–Trinajstić information content (AvgIpc) is 3.17. The Balaban J connectivity index is 1.53. The minimum absolute atomic E-state index is 0.0372. The Morgan fingerprint density at radius 1 is 1.25 bits per heavy atom. The van der Waals surface area contributed by atoms with Gasteiger partial charge in [0.2, 0.25) is 5.91 Å². The van der Waals surface area contributed by atoms with E-state index in [1.807, 2.05) is 0 Å². The first kappa shape index (κ1) is 17.5. The van der Waals surface area contributed by atoms with Crippen molar-refractivity contribution in [2.45, 2.75) is 96.4 Å². The van der Waals surface area contributed by atoms with Crippen LogP contribution in [0.3, 0.4) is 0 Å². The summed E-state index contributed by atoms with van der Waals surface area (Å²) in [5, 5.41) is 3.35. The molecular weight excluding hydrogens is 300 g/mol. The molecule has 1 heterocycles. The minimum atomic E-state index is -0.0372. The molecule has 4 nitrogen and oxygen atoms in total. The molecule has 0 aliphatic heterocycles. The predicted molar refractivity (Wildman–Crippen MR) is 94.8 cm³/mol. The summed E-state index contributed by atoms with van der Waals surface area (Å²) in [6.07, 6.45) is 13.1. The summed E-state index contributed by atoms with van der Waals surface area (Å²) in [6.45, 7) is 6.32. The van der Waals surface area contributed by atoms with Crippen LogP contribution in [0, 0.1) is 5.41 Å². The summed E-state index contributed by atoms with van der Waals surface area (Å²) in [5.74, 6) is 1.72. The fraction of sp³-hybridized carbons (Fsp3) is 0.800. The van der Waals surface area contributed by atoms with Gasteiger partial charge in [-0.3, -0.25) is 4.79 Å². The van der Waals surface area contributed by atoms with Crippen molar-refractivity contribution in [3.8, 4) is 0 Å². The van der Waals surface area contributed by atoms with Gasteiger partial charge in [-0.15, -0.1) is 0 Å². The molecular formula is C20H32N2O2. The number of nitrogens with zero attached hydrogens (tertiary/aromatic N) is 1. The van der Waals surface area contributed by atoms with Crippen molar-refractivity contribution < 1.29 is 9.21 Å². The lowest BCUT2D eigenvalue weighted by molar-refractivity contribution is -0.123. The number of carbonyl (C=O) groups excluding carboxylic acids is 1. The van der Waals surface area contributed by atoms with Gasteiger partial charge in [0, 0.05) is 24.3 Å². The molecule has 1 aromatic rings. The highest BCUT2D eigenvalue weighted by molar-refractivity contribution is 5.76. The number of aryl methyl sites for hydroxylation is 1. The molecule has 1 spiro atoms. The van der Waals surface area contributed by atoms with E-state index in [2.05, 4.69) is 31.1 Å². The number of carbonyl (C=O) groups is 1. The molecule has 0 aromatic carbocycles. The molecule has 2 aliphatic rings. The van der Waals surface area contributed by atoms with E-state index in [1.165, 1.54) is 44.9 Å². The molecule has 0 radical (unpaired) electrons. The Kier molecular flexibility index (Phi) is 5.03. The Morgan fingerprint density at radius 3 is 2.54 bits per heavy atom. The first-order valence-electron chi connectivity index (χ1n) is 9.64. The van der Waals surface area contributed by atoms with E-state index in [1.54, 1.807) is 6.20 Å². The third-order valence-electron chi connectivity index (χ3n) is 5.95. The minimum Gasteiger partial charge on any atom is -0.445 e. The van der Waals surface area contributed by atoms with Crippen LogP contribution in [0.1, 0.15) is 90.2 Å². The summed E-state index contributed by atoms with van der Waals surface area (Å²) in [6, 6.07) is 0.385. The standard InChI is InChI=1S/C20H32N2O2/c1-19(2,3)16-14-21-18(24-16)10-9-17(23)22-15-8-4-5-11-20(15)12-6-7-13-20/h14-15H,4-13H2,1-3H3,(H,22,23). The van der Waals surface area contributed by atoms with Gasteiger partial charge in [-0.25, -0.2) is 4.98 Å². The third-order valence-corrected chi connectivity index (χ3v) is 5.95. The number of amides is 1. The molecule has 1 aromatic heterocycles. The molecule has 2 saturated carbocycles. The van der Waals surface area contributed by atoms with Crippen molar-refractivity contribution in [2.24, 2.45) is 5.41 Å². The number of aromatic nitrogens is 1. The second kappa shape index (κ2) is 6.89. The van der Waals surface area contributed by atoms with Gasteiger partial charge in [0.25, 0.3) is 0 Å². The number of oxazole rings is 1. The van der Waals surface area contributed by atoms with Gasteiger partial charge in [0.05, 0.1) is 6.20 Å². The maximum Gasteiger partial charge on any atom is 0.220 e. The van der Waals surface area contributed by atoms with Crippen molar-refractivity contribution >= 4 is 5.91 Å². The topological polar surface area (TPSA) is 55.1 Å². The zero-order valence-electron chi connectivity index (χ0n) is 15.5. The number of rotatable bonds is 4. The first-order chi connectivity index (χ1) is 11.4. The van der Waals surface area contributed by atoms with Crippen LogP contribution in [-0.2, 0) is 16.6 Å². The Morgan fingerprint density at radius 2 is 1.92 bits per heavy atom.